The van der Waals surface area contributed by atoms with Crippen LogP contribution in [0, 0.1) is 0 Å². The number of hydrogen-bond donors (Lipinski definition) is 2. The number of nitrogens with zero attached hydrogens (tertiary/aromatic N) is 1. The van der Waals surface area contributed by atoms with Gasteiger partial charge in [-0.15, -0.1) is 0 Å². The summed E-state index contributed by atoms with van der Waals surface area (Å²) >= 11 is 0. The Bertz CT molecular complexity index is 656. The van der Waals surface area contributed by atoms with E-state index in [1.807, 2.05) is 6.92 Å². The predicted octanol–water partition coefficient (Wildman–Crippen LogP) is 0.507. The Morgan fingerprint density at radius 1 is 1.28 bits per heavy atom. The second-order valence-corrected chi connectivity index (χ2v) is 3.63. The molecule has 0 spiro atoms. The summed E-state index contributed by atoms with van der Waals surface area (Å²) in [4.78, 5) is 24.9. The molecule has 94 valence electrons. The molecule has 6 nitrogen and oxygen atoms in total. The van der Waals surface area contributed by atoms with Crippen LogP contribution in [0.3, 0.4) is 0 Å². The highest BCUT2D eigenvalue weighted by Gasteiger charge is 2.05. The minimum Gasteiger partial charge on any atom is -0.494 e. The molecule has 0 aliphatic rings. The van der Waals surface area contributed by atoms with Crippen molar-refractivity contribution in [2.45, 2.75) is 6.92 Å². The largest absolute Gasteiger partial charge is 0.494 e. The Balaban J connectivity index is 2.49. The van der Waals surface area contributed by atoms with E-state index in [2.05, 4.69) is 4.98 Å². The number of hydrogen-bond acceptors (Lipinski definition) is 4. The Kier molecular flexibility index (Phi) is 3.18. The number of aromatic amines is 1. The summed E-state index contributed by atoms with van der Waals surface area (Å²) < 4.78 is 6.52. The highest BCUT2D eigenvalue weighted by Crippen LogP contribution is 2.15. The first-order valence-electron chi connectivity index (χ1n) is 5.47. The van der Waals surface area contributed by atoms with Crippen molar-refractivity contribution in [3.63, 3.8) is 0 Å². The highest BCUT2D eigenvalue weighted by atomic mass is 16.5. The van der Waals surface area contributed by atoms with Gasteiger partial charge in [0, 0.05) is 6.07 Å². The zero-order valence-electron chi connectivity index (χ0n) is 9.84. The van der Waals surface area contributed by atoms with Crippen molar-refractivity contribution in [2.24, 2.45) is 0 Å². The lowest BCUT2D eigenvalue weighted by molar-refractivity contribution is 0.340. The Labute approximate surface area is 103 Å². The fourth-order valence-electron chi connectivity index (χ4n) is 1.64. The van der Waals surface area contributed by atoms with Crippen molar-refractivity contribution < 1.29 is 4.74 Å². The summed E-state index contributed by atoms with van der Waals surface area (Å²) in [5.41, 5.74) is 5.15. The van der Waals surface area contributed by atoms with Crippen LogP contribution >= 0.6 is 0 Å². The third-order valence-corrected chi connectivity index (χ3v) is 2.38. The van der Waals surface area contributed by atoms with E-state index in [1.165, 1.54) is 4.57 Å². The molecule has 0 radical (unpaired) electrons. The lowest BCUT2D eigenvalue weighted by Crippen LogP contribution is -2.30. The number of benzene rings is 1. The van der Waals surface area contributed by atoms with Crippen LogP contribution in [0.25, 0.3) is 5.69 Å². The van der Waals surface area contributed by atoms with Crippen LogP contribution in [0.4, 0.5) is 5.82 Å². The molecule has 0 aliphatic heterocycles. The molecular weight excluding hydrogens is 234 g/mol. The van der Waals surface area contributed by atoms with Crippen LogP contribution < -0.4 is 21.7 Å². The van der Waals surface area contributed by atoms with Crippen LogP contribution in [0.5, 0.6) is 5.75 Å². The normalized spacial score (nSPS) is 10.3. The maximum Gasteiger partial charge on any atom is 0.334 e. The quantitative estimate of drug-likeness (QED) is 0.826. The second kappa shape index (κ2) is 4.79. The van der Waals surface area contributed by atoms with E-state index in [0.29, 0.717) is 18.0 Å². The van der Waals surface area contributed by atoms with Crippen LogP contribution in [-0.2, 0) is 0 Å². The zero-order valence-corrected chi connectivity index (χ0v) is 9.84. The molecule has 1 heterocycles. The molecule has 0 bridgehead atoms. The summed E-state index contributed by atoms with van der Waals surface area (Å²) in [6.07, 6.45) is 0. The molecule has 0 amide bonds. The number of anilines is 1. The van der Waals surface area contributed by atoms with Crippen molar-refractivity contribution in [3.05, 3.63) is 51.2 Å². The summed E-state index contributed by atoms with van der Waals surface area (Å²) in [5.74, 6) is 0.796. The van der Waals surface area contributed by atoms with Gasteiger partial charge in [-0.3, -0.25) is 9.78 Å². The van der Waals surface area contributed by atoms with E-state index in [0.717, 1.165) is 6.07 Å². The molecule has 18 heavy (non-hydrogen) atoms. The van der Waals surface area contributed by atoms with Crippen molar-refractivity contribution >= 4 is 5.82 Å². The maximum atomic E-state index is 11.7. The molecule has 0 atom stereocenters. The average Bonchev–Trinajstić information content (AvgIpc) is 2.30. The van der Waals surface area contributed by atoms with E-state index in [9.17, 15) is 9.59 Å². The van der Waals surface area contributed by atoms with Gasteiger partial charge in [0.05, 0.1) is 12.3 Å². The summed E-state index contributed by atoms with van der Waals surface area (Å²) in [6.45, 7) is 2.46. The SMILES string of the molecule is CCOc1ccc(-n2c(N)cc(=O)[nH]c2=O)cc1. The van der Waals surface area contributed by atoms with Gasteiger partial charge in [-0.05, 0) is 31.2 Å². The molecular formula is C12H13N3O3. The van der Waals surface area contributed by atoms with Gasteiger partial charge >= 0.3 is 5.69 Å². The van der Waals surface area contributed by atoms with Gasteiger partial charge in [0.2, 0.25) is 0 Å². The van der Waals surface area contributed by atoms with Gasteiger partial charge in [-0.1, -0.05) is 0 Å². The van der Waals surface area contributed by atoms with Crippen molar-refractivity contribution in [1.29, 1.82) is 0 Å². The highest BCUT2D eigenvalue weighted by molar-refractivity contribution is 5.43. The van der Waals surface area contributed by atoms with Gasteiger partial charge in [-0.25, -0.2) is 9.36 Å². The molecule has 1 aromatic heterocycles. The molecule has 0 fully saturated rings. The molecule has 6 heteroatoms. The number of nitrogens with two attached hydrogens (primary N) is 1. The number of ether oxygens (including phenoxy) is 1. The Morgan fingerprint density at radius 2 is 1.94 bits per heavy atom. The minimum absolute atomic E-state index is 0.0907. The maximum absolute atomic E-state index is 11.7. The van der Waals surface area contributed by atoms with Gasteiger partial charge < -0.3 is 10.5 Å². The Morgan fingerprint density at radius 3 is 2.50 bits per heavy atom. The van der Waals surface area contributed by atoms with Crippen LogP contribution in [0.15, 0.2) is 39.9 Å². The molecule has 3 N–H and O–H groups in total. The number of nitrogens with one attached hydrogen (secondary N) is 1. The van der Waals surface area contributed by atoms with Crippen molar-refractivity contribution in [1.82, 2.24) is 9.55 Å². The lowest BCUT2D eigenvalue weighted by Gasteiger charge is -2.09. The van der Waals surface area contributed by atoms with Gasteiger partial charge in [0.15, 0.2) is 0 Å². The van der Waals surface area contributed by atoms with Gasteiger partial charge in [-0.2, -0.15) is 0 Å². The van der Waals surface area contributed by atoms with E-state index in [1.54, 1.807) is 24.3 Å². The molecule has 2 rings (SSSR count). The number of aromatic nitrogens is 2. The summed E-state index contributed by atoms with van der Waals surface area (Å²) in [7, 11) is 0. The van der Waals surface area contributed by atoms with Gasteiger partial charge in [0.1, 0.15) is 11.6 Å². The summed E-state index contributed by atoms with van der Waals surface area (Å²) in [5, 5.41) is 0. The van der Waals surface area contributed by atoms with Crippen LogP contribution in [0.2, 0.25) is 0 Å². The standard InChI is InChI=1S/C12H13N3O3/c1-2-18-9-5-3-8(4-6-9)15-10(13)7-11(16)14-12(15)17/h3-7H,2,13H2,1H3,(H,14,16,17). The lowest BCUT2D eigenvalue weighted by atomic mass is 10.3. The van der Waals surface area contributed by atoms with Crippen molar-refractivity contribution in [3.8, 4) is 11.4 Å². The monoisotopic (exact) mass is 247 g/mol. The predicted molar refractivity (Wildman–Crippen MR) is 68.2 cm³/mol. The molecule has 1 aromatic carbocycles. The van der Waals surface area contributed by atoms with E-state index in [-0.39, 0.29) is 5.82 Å². The van der Waals surface area contributed by atoms with E-state index < -0.39 is 11.2 Å². The number of nitrogen functional groups attached to an aromatic ring is 1. The topological polar surface area (TPSA) is 90.1 Å². The summed E-state index contributed by atoms with van der Waals surface area (Å²) in [6, 6.07) is 8.02. The Hall–Kier alpha value is -2.50. The third kappa shape index (κ3) is 2.27. The first-order valence-corrected chi connectivity index (χ1v) is 5.47. The first-order chi connectivity index (χ1) is 8.61. The van der Waals surface area contributed by atoms with E-state index >= 15 is 0 Å². The fraction of sp³-hybridized carbons (Fsp3) is 0.167. The third-order valence-electron chi connectivity index (χ3n) is 2.38. The van der Waals surface area contributed by atoms with E-state index in [4.69, 9.17) is 10.5 Å². The molecule has 0 unspecified atom stereocenters. The van der Waals surface area contributed by atoms with Crippen LogP contribution in [0.1, 0.15) is 6.92 Å². The van der Waals surface area contributed by atoms with Crippen LogP contribution in [-0.4, -0.2) is 16.2 Å². The fourth-order valence-corrected chi connectivity index (χ4v) is 1.64. The smallest absolute Gasteiger partial charge is 0.334 e. The number of rotatable bonds is 3. The molecule has 0 saturated carbocycles. The number of H-pyrrole nitrogens is 1. The molecule has 0 saturated heterocycles. The average molecular weight is 247 g/mol. The van der Waals surface area contributed by atoms with Gasteiger partial charge in [0.25, 0.3) is 5.56 Å². The second-order valence-electron chi connectivity index (χ2n) is 3.63. The molecule has 0 aliphatic carbocycles. The zero-order chi connectivity index (χ0) is 13.1. The minimum atomic E-state index is -0.566. The first kappa shape index (κ1) is 12.0. The van der Waals surface area contributed by atoms with Crippen molar-refractivity contribution in [2.75, 3.05) is 12.3 Å². The molecule has 2 aromatic rings.